The molecule has 0 radical (unpaired) electrons. The van der Waals surface area contributed by atoms with E-state index in [4.69, 9.17) is 11.2 Å². The summed E-state index contributed by atoms with van der Waals surface area (Å²) < 4.78 is 32.0. The van der Waals surface area contributed by atoms with Crippen molar-refractivity contribution in [3.63, 3.8) is 0 Å². The summed E-state index contributed by atoms with van der Waals surface area (Å²) in [4.78, 5) is 24.0. The Morgan fingerprint density at radius 3 is 2.65 bits per heavy atom. The Hall–Kier alpha value is -2.37. The van der Waals surface area contributed by atoms with Crippen molar-refractivity contribution in [1.29, 1.82) is 0 Å². The second kappa shape index (κ2) is 8.83. The molecule has 0 aliphatic carbocycles. The van der Waals surface area contributed by atoms with Crippen LogP contribution in [0.4, 0.5) is 0 Å². The van der Waals surface area contributed by atoms with Gasteiger partial charge in [0.2, 0.25) is 10.0 Å². The van der Waals surface area contributed by atoms with Crippen LogP contribution in [0.1, 0.15) is 24.8 Å². The third kappa shape index (κ3) is 4.84. The Labute approximate surface area is 153 Å². The average Bonchev–Trinajstić information content (AvgIpc) is 2.64. The molecule has 1 amide bonds. The minimum absolute atomic E-state index is 0.0355. The molecule has 1 saturated heterocycles. The van der Waals surface area contributed by atoms with Crippen LogP contribution in [-0.2, 0) is 24.3 Å². The lowest BCUT2D eigenvalue weighted by Gasteiger charge is -2.32. The van der Waals surface area contributed by atoms with Gasteiger partial charge in [0.05, 0.1) is 11.4 Å². The summed E-state index contributed by atoms with van der Waals surface area (Å²) >= 11 is 0. The van der Waals surface area contributed by atoms with E-state index in [0.717, 1.165) is 5.56 Å². The van der Waals surface area contributed by atoms with Crippen LogP contribution in [0, 0.1) is 19.3 Å². The highest BCUT2D eigenvalue weighted by Gasteiger charge is 2.38. The number of nitrogens with one attached hydrogen (secondary N) is 1. The van der Waals surface area contributed by atoms with E-state index >= 15 is 0 Å². The average molecular weight is 378 g/mol. The standard InChI is InChI=1S/C18H22N2O5S/c1-3-11-19-17(21)13-25-18(22)16-6-4-5-12-20(16)26(23,24)15-9-7-14(2)8-10-15/h1,7-10,16H,4-6,11-13H2,2H3,(H,19,21)/t16-/m0/s1. The number of ether oxygens (including phenoxy) is 1. The van der Waals surface area contributed by atoms with Gasteiger partial charge < -0.3 is 10.1 Å². The fourth-order valence-corrected chi connectivity index (χ4v) is 4.35. The van der Waals surface area contributed by atoms with Gasteiger partial charge in [-0.1, -0.05) is 23.6 Å². The lowest BCUT2D eigenvalue weighted by molar-refractivity contribution is -0.153. The number of benzene rings is 1. The van der Waals surface area contributed by atoms with Crippen molar-refractivity contribution in [2.75, 3.05) is 19.7 Å². The number of amides is 1. The molecule has 1 fully saturated rings. The number of nitrogens with zero attached hydrogens (tertiary/aromatic N) is 1. The van der Waals surface area contributed by atoms with Crippen LogP contribution in [0.15, 0.2) is 29.2 Å². The first kappa shape index (κ1) is 19.9. The fraction of sp³-hybridized carbons (Fsp3) is 0.444. The quantitative estimate of drug-likeness (QED) is 0.585. The zero-order chi connectivity index (χ0) is 19.2. The Balaban J connectivity index is 2.11. The van der Waals surface area contributed by atoms with E-state index in [1.54, 1.807) is 12.1 Å². The molecule has 26 heavy (non-hydrogen) atoms. The molecule has 0 spiro atoms. The maximum atomic E-state index is 12.9. The predicted octanol–water partition coefficient (Wildman–Crippen LogP) is 0.831. The molecule has 1 aliphatic rings. The van der Waals surface area contributed by atoms with Gasteiger partial charge in [-0.2, -0.15) is 4.31 Å². The summed E-state index contributed by atoms with van der Waals surface area (Å²) in [6, 6.07) is 5.53. The third-order valence-corrected chi connectivity index (χ3v) is 6.01. The zero-order valence-electron chi connectivity index (χ0n) is 14.6. The number of carbonyl (C=O) groups excluding carboxylic acids is 2. The van der Waals surface area contributed by atoms with Crippen LogP contribution in [0.25, 0.3) is 0 Å². The van der Waals surface area contributed by atoms with Crippen LogP contribution in [-0.4, -0.2) is 50.3 Å². The molecule has 1 aromatic rings. The van der Waals surface area contributed by atoms with Crippen molar-refractivity contribution in [2.24, 2.45) is 0 Å². The summed E-state index contributed by atoms with van der Waals surface area (Å²) in [7, 11) is -3.82. The van der Waals surface area contributed by atoms with E-state index < -0.39 is 34.5 Å². The minimum atomic E-state index is -3.82. The molecule has 0 bridgehead atoms. The van der Waals surface area contributed by atoms with Crippen molar-refractivity contribution in [3.05, 3.63) is 29.8 Å². The maximum Gasteiger partial charge on any atom is 0.324 e. The summed E-state index contributed by atoms with van der Waals surface area (Å²) in [6.07, 6.45) is 6.77. The minimum Gasteiger partial charge on any atom is -0.454 e. The zero-order valence-corrected chi connectivity index (χ0v) is 15.4. The molecule has 0 saturated carbocycles. The lowest BCUT2D eigenvalue weighted by Crippen LogP contribution is -2.49. The molecule has 1 N–H and O–H groups in total. The van der Waals surface area contributed by atoms with Crippen LogP contribution < -0.4 is 5.32 Å². The highest BCUT2D eigenvalue weighted by Crippen LogP contribution is 2.26. The number of terminal acetylenes is 1. The molecule has 1 atom stereocenters. The number of piperidine rings is 1. The van der Waals surface area contributed by atoms with Crippen molar-refractivity contribution >= 4 is 21.9 Å². The van der Waals surface area contributed by atoms with Crippen molar-refractivity contribution in [2.45, 2.75) is 37.1 Å². The predicted molar refractivity (Wildman–Crippen MR) is 95.5 cm³/mol. The third-order valence-electron chi connectivity index (χ3n) is 4.09. The Morgan fingerprint density at radius 2 is 2.00 bits per heavy atom. The number of hydrogen-bond acceptors (Lipinski definition) is 5. The molecular weight excluding hydrogens is 356 g/mol. The second-order valence-electron chi connectivity index (χ2n) is 6.03. The molecule has 1 heterocycles. The van der Waals surface area contributed by atoms with Gasteiger partial charge in [0.25, 0.3) is 5.91 Å². The SMILES string of the molecule is C#CCNC(=O)COC(=O)[C@@H]1CCCCN1S(=O)(=O)c1ccc(C)cc1. The first-order chi connectivity index (χ1) is 12.4. The molecular formula is C18H22N2O5S. The van der Waals surface area contributed by atoms with Gasteiger partial charge in [-0.3, -0.25) is 9.59 Å². The molecule has 7 nitrogen and oxygen atoms in total. The first-order valence-electron chi connectivity index (χ1n) is 8.31. The van der Waals surface area contributed by atoms with Gasteiger partial charge in [0, 0.05) is 6.54 Å². The van der Waals surface area contributed by atoms with Gasteiger partial charge in [0.1, 0.15) is 6.04 Å². The number of aryl methyl sites for hydroxylation is 1. The van der Waals surface area contributed by atoms with Crippen molar-refractivity contribution in [3.8, 4) is 12.3 Å². The molecule has 0 aromatic heterocycles. The van der Waals surface area contributed by atoms with E-state index in [2.05, 4.69) is 11.2 Å². The van der Waals surface area contributed by atoms with Gasteiger partial charge >= 0.3 is 5.97 Å². The lowest BCUT2D eigenvalue weighted by atomic mass is 10.1. The maximum absolute atomic E-state index is 12.9. The van der Waals surface area contributed by atoms with Gasteiger partial charge in [-0.15, -0.1) is 6.42 Å². The summed E-state index contributed by atoms with van der Waals surface area (Å²) in [5.74, 6) is 0.985. The molecule has 8 heteroatoms. The smallest absolute Gasteiger partial charge is 0.324 e. The van der Waals surface area contributed by atoms with E-state index in [1.165, 1.54) is 16.4 Å². The second-order valence-corrected chi connectivity index (χ2v) is 7.92. The number of hydrogen-bond donors (Lipinski definition) is 1. The Bertz CT molecular complexity index is 796. The number of rotatable bonds is 6. The van der Waals surface area contributed by atoms with Crippen LogP contribution in [0.2, 0.25) is 0 Å². The normalized spacial score (nSPS) is 17.9. The summed E-state index contributed by atoms with van der Waals surface area (Å²) in [6.45, 7) is 1.64. The first-order valence-corrected chi connectivity index (χ1v) is 9.75. The molecule has 140 valence electrons. The Morgan fingerprint density at radius 1 is 1.31 bits per heavy atom. The largest absolute Gasteiger partial charge is 0.454 e. The summed E-state index contributed by atoms with van der Waals surface area (Å²) in [5.41, 5.74) is 0.941. The number of sulfonamides is 1. The fourth-order valence-electron chi connectivity index (χ4n) is 2.71. The molecule has 1 aromatic carbocycles. The molecule has 0 unspecified atom stereocenters. The molecule has 1 aliphatic heterocycles. The summed E-state index contributed by atoms with van der Waals surface area (Å²) in [5, 5.41) is 2.38. The van der Waals surface area contributed by atoms with E-state index in [9.17, 15) is 18.0 Å². The van der Waals surface area contributed by atoms with E-state index in [1.807, 2.05) is 6.92 Å². The topological polar surface area (TPSA) is 92.8 Å². The van der Waals surface area contributed by atoms with Gasteiger partial charge in [-0.25, -0.2) is 8.42 Å². The van der Waals surface area contributed by atoms with E-state index in [0.29, 0.717) is 19.3 Å². The monoisotopic (exact) mass is 378 g/mol. The van der Waals surface area contributed by atoms with Gasteiger partial charge in [-0.05, 0) is 38.3 Å². The number of esters is 1. The van der Waals surface area contributed by atoms with Crippen molar-refractivity contribution < 1.29 is 22.7 Å². The van der Waals surface area contributed by atoms with Gasteiger partial charge in [0.15, 0.2) is 6.61 Å². The highest BCUT2D eigenvalue weighted by atomic mass is 32.2. The number of carbonyl (C=O) groups is 2. The van der Waals surface area contributed by atoms with Crippen LogP contribution >= 0.6 is 0 Å². The van der Waals surface area contributed by atoms with E-state index in [-0.39, 0.29) is 18.0 Å². The van der Waals surface area contributed by atoms with Crippen LogP contribution in [0.3, 0.4) is 0 Å². The van der Waals surface area contributed by atoms with Crippen LogP contribution in [0.5, 0.6) is 0 Å². The Kier molecular flexibility index (Phi) is 6.77. The highest BCUT2D eigenvalue weighted by molar-refractivity contribution is 7.89. The molecule has 2 rings (SSSR count). The van der Waals surface area contributed by atoms with Crippen molar-refractivity contribution in [1.82, 2.24) is 9.62 Å².